The summed E-state index contributed by atoms with van der Waals surface area (Å²) in [6.07, 6.45) is 0. The highest BCUT2D eigenvalue weighted by molar-refractivity contribution is 8.93. The van der Waals surface area contributed by atoms with Crippen LogP contribution in [0.4, 0.5) is 5.69 Å². The van der Waals surface area contributed by atoms with Crippen molar-refractivity contribution < 1.29 is 0 Å². The number of para-hydroxylation sites is 1. The first-order chi connectivity index (χ1) is 4.22. The van der Waals surface area contributed by atoms with Gasteiger partial charge in [-0.2, -0.15) is 0 Å². The molecule has 0 aliphatic rings. The van der Waals surface area contributed by atoms with Gasteiger partial charge in [-0.1, -0.05) is 18.2 Å². The van der Waals surface area contributed by atoms with Crippen molar-refractivity contribution >= 4 is 22.7 Å². The SMILES string of the molecule is Br.Cc1cccc(C)c1N. The van der Waals surface area contributed by atoms with E-state index in [4.69, 9.17) is 5.73 Å². The van der Waals surface area contributed by atoms with E-state index in [0.717, 1.165) is 16.8 Å². The molecule has 0 aromatic heterocycles. The fraction of sp³-hybridized carbons (Fsp3) is 0.250. The maximum atomic E-state index is 5.68. The minimum atomic E-state index is 0. The second-order valence-corrected chi connectivity index (χ2v) is 2.31. The molecular formula is C8H12BrN. The minimum Gasteiger partial charge on any atom is -0.398 e. The van der Waals surface area contributed by atoms with Crippen LogP contribution in [-0.4, -0.2) is 0 Å². The fourth-order valence-corrected chi connectivity index (χ4v) is 0.827. The molecule has 2 N–H and O–H groups in total. The summed E-state index contributed by atoms with van der Waals surface area (Å²) in [6, 6.07) is 6.05. The van der Waals surface area contributed by atoms with Crippen molar-refractivity contribution in [1.82, 2.24) is 0 Å². The summed E-state index contributed by atoms with van der Waals surface area (Å²) in [4.78, 5) is 0. The number of aryl methyl sites for hydroxylation is 2. The molecule has 0 aliphatic carbocycles. The lowest BCUT2D eigenvalue weighted by Crippen LogP contribution is -1.91. The predicted octanol–water partition coefficient (Wildman–Crippen LogP) is 2.46. The monoisotopic (exact) mass is 201 g/mol. The molecule has 1 aromatic carbocycles. The van der Waals surface area contributed by atoms with Crippen molar-refractivity contribution in [3.8, 4) is 0 Å². The second kappa shape index (κ2) is 3.62. The molecule has 0 saturated heterocycles. The maximum absolute atomic E-state index is 5.68. The van der Waals surface area contributed by atoms with Crippen LogP contribution in [0.15, 0.2) is 18.2 Å². The Morgan fingerprint density at radius 2 is 1.50 bits per heavy atom. The highest BCUT2D eigenvalue weighted by Crippen LogP contribution is 2.13. The molecule has 0 spiro atoms. The van der Waals surface area contributed by atoms with Crippen molar-refractivity contribution in [3.63, 3.8) is 0 Å². The first kappa shape index (κ1) is 9.50. The summed E-state index contributed by atoms with van der Waals surface area (Å²) in [6.45, 7) is 4.03. The molecule has 1 aromatic rings. The van der Waals surface area contributed by atoms with Crippen LogP contribution in [0, 0.1) is 13.8 Å². The smallest absolute Gasteiger partial charge is 0.0373 e. The number of nitrogens with two attached hydrogens (primary N) is 1. The molecule has 1 nitrogen and oxygen atoms in total. The minimum absolute atomic E-state index is 0. The van der Waals surface area contributed by atoms with E-state index in [1.807, 2.05) is 32.0 Å². The number of hydrogen-bond acceptors (Lipinski definition) is 1. The zero-order chi connectivity index (χ0) is 6.85. The van der Waals surface area contributed by atoms with Gasteiger partial charge in [0, 0.05) is 5.69 Å². The van der Waals surface area contributed by atoms with E-state index in [9.17, 15) is 0 Å². The molecule has 0 heterocycles. The van der Waals surface area contributed by atoms with Crippen molar-refractivity contribution in [2.45, 2.75) is 13.8 Å². The van der Waals surface area contributed by atoms with Crippen molar-refractivity contribution in [3.05, 3.63) is 29.3 Å². The van der Waals surface area contributed by atoms with Crippen LogP contribution >= 0.6 is 17.0 Å². The van der Waals surface area contributed by atoms with E-state index in [0.29, 0.717) is 0 Å². The average molecular weight is 202 g/mol. The molecule has 2 heteroatoms. The molecule has 56 valence electrons. The molecule has 0 bridgehead atoms. The lowest BCUT2D eigenvalue weighted by molar-refractivity contribution is 1.39. The standard InChI is InChI=1S/C8H11N.BrH/c1-6-4-3-5-7(2)8(6)9;/h3-5H,9H2,1-2H3;1H. The summed E-state index contributed by atoms with van der Waals surface area (Å²) in [5.41, 5.74) is 8.92. The van der Waals surface area contributed by atoms with Gasteiger partial charge in [-0.15, -0.1) is 17.0 Å². The van der Waals surface area contributed by atoms with Gasteiger partial charge in [0.05, 0.1) is 0 Å². The summed E-state index contributed by atoms with van der Waals surface area (Å²) in [5, 5.41) is 0. The summed E-state index contributed by atoms with van der Waals surface area (Å²) in [5.74, 6) is 0. The van der Waals surface area contributed by atoms with Gasteiger partial charge < -0.3 is 5.73 Å². The van der Waals surface area contributed by atoms with Crippen LogP contribution < -0.4 is 5.73 Å². The predicted molar refractivity (Wildman–Crippen MR) is 50.7 cm³/mol. The van der Waals surface area contributed by atoms with Crippen molar-refractivity contribution in [2.24, 2.45) is 0 Å². The Morgan fingerprint density at radius 1 is 1.10 bits per heavy atom. The second-order valence-electron chi connectivity index (χ2n) is 2.31. The van der Waals surface area contributed by atoms with Crippen LogP contribution in [0.2, 0.25) is 0 Å². The van der Waals surface area contributed by atoms with Crippen molar-refractivity contribution in [2.75, 3.05) is 5.73 Å². The van der Waals surface area contributed by atoms with Crippen LogP contribution in [0.1, 0.15) is 11.1 Å². The molecule has 10 heavy (non-hydrogen) atoms. The quantitative estimate of drug-likeness (QED) is 0.642. The lowest BCUT2D eigenvalue weighted by atomic mass is 10.1. The highest BCUT2D eigenvalue weighted by Gasteiger charge is 1.92. The normalized spacial score (nSPS) is 8.60. The first-order valence-corrected chi connectivity index (χ1v) is 3.03. The van der Waals surface area contributed by atoms with E-state index in [1.165, 1.54) is 0 Å². The van der Waals surface area contributed by atoms with E-state index in [1.54, 1.807) is 0 Å². The molecule has 0 aliphatic heterocycles. The fourth-order valence-electron chi connectivity index (χ4n) is 0.827. The summed E-state index contributed by atoms with van der Waals surface area (Å²) in [7, 11) is 0. The molecular weight excluding hydrogens is 190 g/mol. The number of nitrogen functional groups attached to an aromatic ring is 1. The summed E-state index contributed by atoms with van der Waals surface area (Å²) < 4.78 is 0. The molecule has 1 rings (SSSR count). The Kier molecular flexibility index (Phi) is 3.43. The Morgan fingerprint density at radius 3 is 1.80 bits per heavy atom. The van der Waals surface area contributed by atoms with Gasteiger partial charge in [0.15, 0.2) is 0 Å². The molecule has 0 amide bonds. The van der Waals surface area contributed by atoms with Gasteiger partial charge >= 0.3 is 0 Å². The third kappa shape index (κ3) is 1.74. The number of benzene rings is 1. The largest absolute Gasteiger partial charge is 0.398 e. The third-order valence-corrected chi connectivity index (χ3v) is 1.54. The third-order valence-electron chi connectivity index (χ3n) is 1.54. The van der Waals surface area contributed by atoms with Gasteiger partial charge in [-0.05, 0) is 25.0 Å². The number of halogens is 1. The zero-order valence-corrected chi connectivity index (χ0v) is 7.93. The van der Waals surface area contributed by atoms with Gasteiger partial charge in [-0.25, -0.2) is 0 Å². The van der Waals surface area contributed by atoms with E-state index >= 15 is 0 Å². The van der Waals surface area contributed by atoms with E-state index < -0.39 is 0 Å². The molecule has 0 atom stereocenters. The van der Waals surface area contributed by atoms with Gasteiger partial charge in [0.2, 0.25) is 0 Å². The Bertz CT molecular complexity index is 200. The molecule has 0 fully saturated rings. The molecule has 0 radical (unpaired) electrons. The van der Waals surface area contributed by atoms with Gasteiger partial charge in [-0.3, -0.25) is 0 Å². The van der Waals surface area contributed by atoms with Gasteiger partial charge in [0.1, 0.15) is 0 Å². The molecule has 0 saturated carbocycles. The lowest BCUT2D eigenvalue weighted by Gasteiger charge is -2.00. The Hall–Kier alpha value is -0.500. The first-order valence-electron chi connectivity index (χ1n) is 3.03. The topological polar surface area (TPSA) is 26.0 Å². The summed E-state index contributed by atoms with van der Waals surface area (Å²) >= 11 is 0. The van der Waals surface area contributed by atoms with Crippen molar-refractivity contribution in [1.29, 1.82) is 0 Å². The average Bonchev–Trinajstić information content (AvgIpc) is 1.83. The highest BCUT2D eigenvalue weighted by atomic mass is 79.9. The Balaban J connectivity index is 0.000000810. The van der Waals surface area contributed by atoms with E-state index in [2.05, 4.69) is 0 Å². The maximum Gasteiger partial charge on any atom is 0.0373 e. The van der Waals surface area contributed by atoms with Crippen LogP contribution in [0.25, 0.3) is 0 Å². The number of anilines is 1. The molecule has 0 unspecified atom stereocenters. The zero-order valence-electron chi connectivity index (χ0n) is 6.22. The number of rotatable bonds is 0. The van der Waals surface area contributed by atoms with E-state index in [-0.39, 0.29) is 17.0 Å². The van der Waals surface area contributed by atoms with Crippen LogP contribution in [0.5, 0.6) is 0 Å². The van der Waals surface area contributed by atoms with Crippen LogP contribution in [0.3, 0.4) is 0 Å². The van der Waals surface area contributed by atoms with Gasteiger partial charge in [0.25, 0.3) is 0 Å². The number of hydrogen-bond donors (Lipinski definition) is 1. The van der Waals surface area contributed by atoms with Crippen LogP contribution in [-0.2, 0) is 0 Å². The Labute approximate surface area is 72.0 Å².